The van der Waals surface area contributed by atoms with Gasteiger partial charge in [-0.3, -0.25) is 9.59 Å². The molecule has 2 heterocycles. The molecule has 1 aromatic carbocycles. The summed E-state index contributed by atoms with van der Waals surface area (Å²) in [4.78, 5) is 27.5. The lowest BCUT2D eigenvalue weighted by atomic mass is 10.1. The zero-order valence-electron chi connectivity index (χ0n) is 14.6. The van der Waals surface area contributed by atoms with Crippen LogP contribution in [0.15, 0.2) is 29.2 Å². The molecule has 5 nitrogen and oxygen atoms in total. The van der Waals surface area contributed by atoms with E-state index in [2.05, 4.69) is 10.6 Å². The van der Waals surface area contributed by atoms with Gasteiger partial charge in [0.2, 0.25) is 5.91 Å². The molecule has 2 fully saturated rings. The van der Waals surface area contributed by atoms with Gasteiger partial charge in [-0.05, 0) is 56.8 Å². The molecule has 2 N–H and O–H groups in total. The highest BCUT2D eigenvalue weighted by atomic mass is 32.2. The summed E-state index contributed by atoms with van der Waals surface area (Å²) in [7, 11) is 0. The molecule has 1 unspecified atom stereocenters. The Balaban J connectivity index is 1.50. The first-order valence-electron chi connectivity index (χ1n) is 9.22. The maximum Gasteiger partial charge on any atom is 0.252 e. The van der Waals surface area contributed by atoms with Crippen LogP contribution < -0.4 is 10.6 Å². The monoisotopic (exact) mass is 361 g/mol. The van der Waals surface area contributed by atoms with Gasteiger partial charge in [0.15, 0.2) is 0 Å². The van der Waals surface area contributed by atoms with Crippen molar-refractivity contribution in [3.8, 4) is 0 Å². The number of likely N-dealkylation sites (tertiary alicyclic amines) is 1. The van der Waals surface area contributed by atoms with Crippen molar-refractivity contribution < 1.29 is 9.59 Å². The first-order valence-corrected chi connectivity index (χ1v) is 10.2. The van der Waals surface area contributed by atoms with Crippen LogP contribution in [0.25, 0.3) is 0 Å². The number of amides is 2. The second-order valence-corrected chi connectivity index (χ2v) is 7.79. The third-order valence-corrected chi connectivity index (χ3v) is 6.00. The van der Waals surface area contributed by atoms with E-state index in [-0.39, 0.29) is 11.8 Å². The molecule has 1 aromatic rings. The van der Waals surface area contributed by atoms with Crippen molar-refractivity contribution in [1.29, 1.82) is 0 Å². The summed E-state index contributed by atoms with van der Waals surface area (Å²) in [5, 5.41) is 6.38. The number of rotatable bonds is 7. The predicted molar refractivity (Wildman–Crippen MR) is 101 cm³/mol. The number of thioether (sulfide) groups is 1. The largest absolute Gasteiger partial charge is 0.352 e. The average Bonchev–Trinajstić information content (AvgIpc) is 3.33. The third kappa shape index (κ3) is 5.22. The Kier molecular flexibility index (Phi) is 6.76. The molecular weight excluding hydrogens is 334 g/mol. The fourth-order valence-corrected chi connectivity index (χ4v) is 4.38. The van der Waals surface area contributed by atoms with Crippen molar-refractivity contribution in [3.05, 3.63) is 29.8 Å². The van der Waals surface area contributed by atoms with Gasteiger partial charge in [0, 0.05) is 24.5 Å². The highest BCUT2D eigenvalue weighted by Crippen LogP contribution is 2.24. The maximum absolute atomic E-state index is 12.5. The lowest BCUT2D eigenvalue weighted by Gasteiger charge is -2.15. The Bertz CT molecular complexity index is 596. The van der Waals surface area contributed by atoms with Crippen LogP contribution in [0.1, 0.15) is 36.0 Å². The van der Waals surface area contributed by atoms with Crippen molar-refractivity contribution in [2.45, 2.75) is 30.6 Å². The van der Waals surface area contributed by atoms with E-state index in [1.54, 1.807) is 0 Å². The van der Waals surface area contributed by atoms with Crippen LogP contribution in [0.5, 0.6) is 0 Å². The van der Waals surface area contributed by atoms with E-state index in [1.165, 1.54) is 18.2 Å². The molecule has 0 spiro atoms. The number of nitrogens with zero attached hydrogens (tertiary/aromatic N) is 1. The van der Waals surface area contributed by atoms with Gasteiger partial charge in [-0.2, -0.15) is 0 Å². The summed E-state index contributed by atoms with van der Waals surface area (Å²) in [5.41, 5.74) is 0.672. The Morgan fingerprint density at radius 1 is 1.24 bits per heavy atom. The molecule has 1 atom stereocenters. The fraction of sp³-hybridized carbons (Fsp3) is 0.579. The van der Waals surface area contributed by atoms with E-state index < -0.39 is 0 Å². The second kappa shape index (κ2) is 9.25. The summed E-state index contributed by atoms with van der Waals surface area (Å²) < 4.78 is 0. The van der Waals surface area contributed by atoms with Crippen LogP contribution in [0.4, 0.5) is 0 Å². The Labute approximate surface area is 153 Å². The summed E-state index contributed by atoms with van der Waals surface area (Å²) in [6.07, 6.45) is 4.42. The number of carbonyl (C=O) groups is 2. The normalized spacial score (nSPS) is 20.0. The van der Waals surface area contributed by atoms with Gasteiger partial charge in [-0.25, -0.2) is 0 Å². The van der Waals surface area contributed by atoms with E-state index in [9.17, 15) is 9.59 Å². The Morgan fingerprint density at radius 2 is 2.04 bits per heavy atom. The molecule has 2 amide bonds. The number of benzene rings is 1. The summed E-state index contributed by atoms with van der Waals surface area (Å²) in [5.74, 6) is 1.20. The number of nitrogens with one attached hydrogen (secondary N) is 2. The van der Waals surface area contributed by atoms with Crippen molar-refractivity contribution >= 4 is 23.6 Å². The molecule has 2 aliphatic rings. The zero-order valence-corrected chi connectivity index (χ0v) is 15.4. The van der Waals surface area contributed by atoms with Gasteiger partial charge < -0.3 is 15.5 Å². The zero-order chi connectivity index (χ0) is 17.5. The molecule has 0 radical (unpaired) electrons. The lowest BCUT2D eigenvalue weighted by Crippen LogP contribution is -2.29. The number of carbonyl (C=O) groups excluding carboxylic acids is 2. The van der Waals surface area contributed by atoms with Gasteiger partial charge in [0.05, 0.1) is 11.3 Å². The topological polar surface area (TPSA) is 61.4 Å². The van der Waals surface area contributed by atoms with E-state index >= 15 is 0 Å². The first kappa shape index (κ1) is 18.3. The highest BCUT2D eigenvalue weighted by molar-refractivity contribution is 8.00. The van der Waals surface area contributed by atoms with Crippen molar-refractivity contribution in [3.63, 3.8) is 0 Å². The van der Waals surface area contributed by atoms with Crippen LogP contribution >= 0.6 is 11.8 Å². The Hall–Kier alpha value is -1.53. The highest BCUT2D eigenvalue weighted by Gasteiger charge is 2.19. The van der Waals surface area contributed by atoms with E-state index in [1.807, 2.05) is 29.2 Å². The fourth-order valence-electron chi connectivity index (χ4n) is 3.42. The Morgan fingerprint density at radius 3 is 2.80 bits per heavy atom. The third-order valence-electron chi connectivity index (χ3n) is 4.94. The van der Waals surface area contributed by atoms with E-state index in [0.29, 0.717) is 23.8 Å². The van der Waals surface area contributed by atoms with Gasteiger partial charge >= 0.3 is 0 Å². The molecule has 25 heavy (non-hydrogen) atoms. The second-order valence-electron chi connectivity index (χ2n) is 6.78. The van der Waals surface area contributed by atoms with Gasteiger partial charge in [0.25, 0.3) is 5.91 Å². The lowest BCUT2D eigenvalue weighted by molar-refractivity contribution is -0.127. The minimum absolute atomic E-state index is 0.0392. The quantitative estimate of drug-likeness (QED) is 0.731. The van der Waals surface area contributed by atoms with Gasteiger partial charge in [-0.15, -0.1) is 11.8 Å². The smallest absolute Gasteiger partial charge is 0.252 e. The summed E-state index contributed by atoms with van der Waals surface area (Å²) in [6.45, 7) is 4.59. The van der Waals surface area contributed by atoms with E-state index in [4.69, 9.17) is 0 Å². The molecule has 2 aliphatic heterocycles. The average molecular weight is 362 g/mol. The number of hydrogen-bond donors (Lipinski definition) is 2. The molecule has 0 bridgehead atoms. The van der Waals surface area contributed by atoms with Crippen LogP contribution in [0.2, 0.25) is 0 Å². The van der Waals surface area contributed by atoms with Crippen LogP contribution in [0, 0.1) is 5.92 Å². The van der Waals surface area contributed by atoms with Crippen LogP contribution in [-0.4, -0.2) is 55.2 Å². The summed E-state index contributed by atoms with van der Waals surface area (Å²) in [6, 6.07) is 7.57. The van der Waals surface area contributed by atoms with Crippen molar-refractivity contribution in [1.82, 2.24) is 15.5 Å². The SMILES string of the molecule is O=C(NCCC1CCNC1)c1ccccc1SCC(=O)N1CCCC1. The van der Waals surface area contributed by atoms with Crippen molar-refractivity contribution in [2.75, 3.05) is 38.5 Å². The minimum Gasteiger partial charge on any atom is -0.352 e. The summed E-state index contributed by atoms with van der Waals surface area (Å²) >= 11 is 1.47. The van der Waals surface area contributed by atoms with Crippen LogP contribution in [0.3, 0.4) is 0 Å². The molecule has 136 valence electrons. The van der Waals surface area contributed by atoms with E-state index in [0.717, 1.165) is 50.3 Å². The first-order chi connectivity index (χ1) is 12.2. The molecule has 0 saturated carbocycles. The van der Waals surface area contributed by atoms with Gasteiger partial charge in [-0.1, -0.05) is 12.1 Å². The minimum atomic E-state index is -0.0392. The van der Waals surface area contributed by atoms with Gasteiger partial charge in [0.1, 0.15) is 0 Å². The molecule has 3 rings (SSSR count). The predicted octanol–water partition coefficient (Wildman–Crippen LogP) is 2.13. The standard InChI is InChI=1S/C19H27N3O2S/c23-18(22-11-3-4-12-22)14-25-17-6-2-1-5-16(17)19(24)21-10-8-15-7-9-20-13-15/h1-2,5-6,15,20H,3-4,7-14H2,(H,21,24). The molecule has 0 aromatic heterocycles. The van der Waals surface area contributed by atoms with Crippen molar-refractivity contribution in [2.24, 2.45) is 5.92 Å². The molecular formula is C19H27N3O2S. The number of hydrogen-bond acceptors (Lipinski definition) is 4. The molecule has 6 heteroatoms. The molecule has 0 aliphatic carbocycles. The maximum atomic E-state index is 12.5. The molecule has 2 saturated heterocycles. The van der Waals surface area contributed by atoms with Crippen LogP contribution in [-0.2, 0) is 4.79 Å².